The molecule has 0 fully saturated rings. The first-order chi connectivity index (χ1) is 9.92. The Bertz CT molecular complexity index is 672. The molecule has 0 heterocycles. The first kappa shape index (κ1) is 15.1. The molecule has 2 aromatic rings. The van der Waals surface area contributed by atoms with E-state index in [1.165, 1.54) is 11.1 Å². The van der Waals surface area contributed by atoms with Crippen molar-refractivity contribution in [2.45, 2.75) is 26.4 Å². The summed E-state index contributed by atoms with van der Waals surface area (Å²) in [5.74, 6) is 5.78. The molecule has 0 atom stereocenters. The van der Waals surface area contributed by atoms with Crippen LogP contribution in [-0.4, -0.2) is 10.7 Å². The van der Waals surface area contributed by atoms with Gasteiger partial charge in [-0.3, -0.25) is 0 Å². The summed E-state index contributed by atoms with van der Waals surface area (Å²) in [4.78, 5) is 0. The minimum Gasteiger partial charge on any atom is -0.378 e. The van der Waals surface area contributed by atoms with Crippen LogP contribution in [-0.2, 0) is 0 Å². The molecule has 0 aromatic heterocycles. The summed E-state index contributed by atoms with van der Waals surface area (Å²) < 4.78 is 0. The van der Waals surface area contributed by atoms with Crippen LogP contribution in [0.1, 0.15) is 36.1 Å². The molecule has 1 nitrogen and oxygen atoms in total. The Morgan fingerprint density at radius 1 is 0.857 bits per heavy atom. The number of hydrogen-bond acceptors (Lipinski definition) is 1. The van der Waals surface area contributed by atoms with E-state index in [1.807, 2.05) is 24.3 Å². The zero-order valence-corrected chi connectivity index (χ0v) is 12.7. The molecule has 21 heavy (non-hydrogen) atoms. The molecule has 0 aliphatic heterocycles. The van der Waals surface area contributed by atoms with Crippen LogP contribution in [0.15, 0.2) is 48.5 Å². The van der Waals surface area contributed by atoms with Gasteiger partial charge in [0.25, 0.3) is 0 Å². The van der Waals surface area contributed by atoms with Gasteiger partial charge in [-0.1, -0.05) is 66.0 Å². The van der Waals surface area contributed by atoms with Crippen LogP contribution < -0.4 is 0 Å². The average Bonchev–Trinajstić information content (AvgIpc) is 2.45. The molecule has 0 radical (unpaired) electrons. The maximum Gasteiger partial charge on any atom is 0.120 e. The van der Waals surface area contributed by atoms with E-state index in [4.69, 9.17) is 0 Å². The van der Waals surface area contributed by atoms with Crippen molar-refractivity contribution in [1.29, 1.82) is 0 Å². The number of aliphatic hydroxyl groups is 1. The summed E-state index contributed by atoms with van der Waals surface area (Å²) in [6.07, 6.45) is 4.18. The van der Waals surface area contributed by atoms with Crippen molar-refractivity contribution in [2.75, 3.05) is 0 Å². The lowest BCUT2D eigenvalue weighted by molar-refractivity contribution is 0.143. The summed E-state index contributed by atoms with van der Waals surface area (Å²) in [6, 6.07) is 16.4. The third kappa shape index (κ3) is 5.30. The molecule has 2 rings (SSSR count). The van der Waals surface area contributed by atoms with Crippen molar-refractivity contribution in [2.24, 2.45) is 0 Å². The molecule has 1 heteroatoms. The molecule has 2 aromatic carbocycles. The van der Waals surface area contributed by atoms with Gasteiger partial charge in [-0.15, -0.1) is 0 Å². The normalized spacial score (nSPS) is 11.2. The summed E-state index contributed by atoms with van der Waals surface area (Å²) >= 11 is 0. The van der Waals surface area contributed by atoms with Gasteiger partial charge < -0.3 is 5.11 Å². The zero-order valence-electron chi connectivity index (χ0n) is 12.7. The molecule has 106 valence electrons. The lowest BCUT2D eigenvalue weighted by Crippen LogP contribution is -2.14. The van der Waals surface area contributed by atoms with Gasteiger partial charge in [0.15, 0.2) is 0 Å². The van der Waals surface area contributed by atoms with E-state index in [0.29, 0.717) is 0 Å². The van der Waals surface area contributed by atoms with Crippen molar-refractivity contribution in [1.82, 2.24) is 0 Å². The van der Waals surface area contributed by atoms with Crippen LogP contribution in [0, 0.1) is 18.8 Å². The second-order valence-corrected chi connectivity index (χ2v) is 5.68. The Kier molecular flexibility index (Phi) is 4.62. The second kappa shape index (κ2) is 6.43. The molecule has 0 spiro atoms. The molecular weight excluding hydrogens is 256 g/mol. The topological polar surface area (TPSA) is 20.2 Å². The third-order valence-electron chi connectivity index (χ3n) is 2.97. The number of benzene rings is 2. The number of rotatable bonds is 2. The Labute approximate surface area is 127 Å². The molecule has 0 saturated heterocycles. The highest BCUT2D eigenvalue weighted by atomic mass is 16.3. The molecule has 0 amide bonds. The first-order valence-corrected chi connectivity index (χ1v) is 7.03. The van der Waals surface area contributed by atoms with Gasteiger partial charge in [-0.25, -0.2) is 0 Å². The van der Waals surface area contributed by atoms with Crippen molar-refractivity contribution < 1.29 is 5.11 Å². The van der Waals surface area contributed by atoms with Crippen LogP contribution in [0.25, 0.3) is 12.2 Å². The molecular formula is C20H20O. The fourth-order valence-electron chi connectivity index (χ4n) is 1.77. The fraction of sp³-hybridized carbons (Fsp3) is 0.200. The van der Waals surface area contributed by atoms with Crippen LogP contribution in [0.5, 0.6) is 0 Å². The zero-order chi connectivity index (χ0) is 15.3. The highest BCUT2D eigenvalue weighted by Crippen LogP contribution is 2.10. The highest BCUT2D eigenvalue weighted by molar-refractivity contribution is 5.69. The third-order valence-corrected chi connectivity index (χ3v) is 2.97. The Balaban J connectivity index is 2.08. The van der Waals surface area contributed by atoms with Gasteiger partial charge in [0.05, 0.1) is 0 Å². The first-order valence-electron chi connectivity index (χ1n) is 7.03. The van der Waals surface area contributed by atoms with Gasteiger partial charge in [-0.2, -0.15) is 0 Å². The monoisotopic (exact) mass is 276 g/mol. The fourth-order valence-corrected chi connectivity index (χ4v) is 1.77. The maximum absolute atomic E-state index is 9.58. The molecule has 1 N–H and O–H groups in total. The van der Waals surface area contributed by atoms with Crippen LogP contribution in [0.2, 0.25) is 0 Å². The van der Waals surface area contributed by atoms with E-state index in [9.17, 15) is 5.11 Å². The predicted molar refractivity (Wildman–Crippen MR) is 89.7 cm³/mol. The minimum atomic E-state index is -0.954. The van der Waals surface area contributed by atoms with Crippen LogP contribution in [0.3, 0.4) is 0 Å². The van der Waals surface area contributed by atoms with Crippen LogP contribution in [0.4, 0.5) is 0 Å². The summed E-state index contributed by atoms with van der Waals surface area (Å²) in [5.41, 5.74) is 3.53. The van der Waals surface area contributed by atoms with Gasteiger partial charge in [0.1, 0.15) is 5.60 Å². The Morgan fingerprint density at radius 3 is 1.81 bits per heavy atom. The molecule has 0 bridgehead atoms. The van der Waals surface area contributed by atoms with E-state index in [0.717, 1.165) is 11.1 Å². The van der Waals surface area contributed by atoms with Crippen LogP contribution >= 0.6 is 0 Å². The van der Waals surface area contributed by atoms with E-state index in [-0.39, 0.29) is 0 Å². The Morgan fingerprint density at radius 2 is 1.33 bits per heavy atom. The van der Waals surface area contributed by atoms with Crippen molar-refractivity contribution in [3.63, 3.8) is 0 Å². The number of aryl methyl sites for hydroxylation is 1. The van der Waals surface area contributed by atoms with Crippen molar-refractivity contribution in [3.05, 3.63) is 70.8 Å². The Hall–Kier alpha value is -2.30. The lowest BCUT2D eigenvalue weighted by Gasteiger charge is -2.05. The molecule has 0 unspecified atom stereocenters. The minimum absolute atomic E-state index is 0.907. The van der Waals surface area contributed by atoms with E-state index >= 15 is 0 Å². The second-order valence-electron chi connectivity index (χ2n) is 5.68. The van der Waals surface area contributed by atoms with Gasteiger partial charge in [0, 0.05) is 5.56 Å². The molecule has 0 aliphatic rings. The number of hydrogen-bond donors (Lipinski definition) is 1. The average molecular weight is 276 g/mol. The quantitative estimate of drug-likeness (QED) is 0.641. The van der Waals surface area contributed by atoms with Crippen molar-refractivity contribution in [3.8, 4) is 11.8 Å². The van der Waals surface area contributed by atoms with E-state index in [2.05, 4.69) is 55.2 Å². The largest absolute Gasteiger partial charge is 0.378 e. The van der Waals surface area contributed by atoms with Gasteiger partial charge >= 0.3 is 0 Å². The lowest BCUT2D eigenvalue weighted by atomic mass is 10.1. The summed E-state index contributed by atoms with van der Waals surface area (Å²) in [7, 11) is 0. The van der Waals surface area contributed by atoms with Crippen molar-refractivity contribution >= 4 is 12.2 Å². The van der Waals surface area contributed by atoms with E-state index in [1.54, 1.807) is 13.8 Å². The maximum atomic E-state index is 9.58. The molecule has 0 aliphatic carbocycles. The molecule has 0 saturated carbocycles. The smallest absolute Gasteiger partial charge is 0.120 e. The summed E-state index contributed by atoms with van der Waals surface area (Å²) in [6.45, 7) is 5.44. The summed E-state index contributed by atoms with van der Waals surface area (Å²) in [5, 5.41) is 9.58. The van der Waals surface area contributed by atoms with Gasteiger partial charge in [-0.05, 0) is 44.0 Å². The predicted octanol–water partition coefficient (Wildman–Crippen LogP) is 4.29. The standard InChI is InChI=1S/C20H20O/c1-16-4-6-17(7-5-16)8-9-18-10-12-19(13-11-18)14-15-20(2,3)21/h4-13,21H,1-3H3/b9-8+. The van der Waals surface area contributed by atoms with E-state index < -0.39 is 5.60 Å². The highest BCUT2D eigenvalue weighted by Gasteiger charge is 2.05. The SMILES string of the molecule is Cc1ccc(/C=C/c2ccc(C#CC(C)(C)O)cc2)cc1. The van der Waals surface area contributed by atoms with Gasteiger partial charge in [0.2, 0.25) is 0 Å².